The van der Waals surface area contributed by atoms with Crippen molar-refractivity contribution in [3.8, 4) is 6.07 Å². The van der Waals surface area contributed by atoms with Crippen LogP contribution in [-0.4, -0.2) is 0 Å². The quantitative estimate of drug-likeness (QED) is 0.517. The van der Waals surface area contributed by atoms with E-state index < -0.39 is 5.82 Å². The van der Waals surface area contributed by atoms with Crippen molar-refractivity contribution in [2.24, 2.45) is 0 Å². The van der Waals surface area contributed by atoms with E-state index in [9.17, 15) is 4.39 Å². The van der Waals surface area contributed by atoms with Crippen LogP contribution in [-0.2, 0) is 0 Å². The molecule has 0 fully saturated rings. The highest BCUT2D eigenvalue weighted by Crippen LogP contribution is 2.09. The van der Waals surface area contributed by atoms with Crippen LogP contribution >= 0.6 is 11.3 Å². The number of halogens is 1. The van der Waals surface area contributed by atoms with Crippen molar-refractivity contribution in [3.63, 3.8) is 0 Å². The van der Waals surface area contributed by atoms with Crippen LogP contribution in [0.5, 0.6) is 0 Å². The Hall–Kier alpha value is -0.880. The van der Waals surface area contributed by atoms with E-state index in [1.807, 2.05) is 0 Å². The molecule has 1 radical (unpaired) electrons. The van der Waals surface area contributed by atoms with E-state index in [1.54, 1.807) is 6.07 Å². The van der Waals surface area contributed by atoms with E-state index in [1.165, 1.54) is 5.38 Å². The van der Waals surface area contributed by atoms with Crippen molar-refractivity contribution < 1.29 is 4.39 Å². The van der Waals surface area contributed by atoms with Crippen LogP contribution in [0, 0.1) is 22.5 Å². The lowest BCUT2D eigenvalue weighted by Crippen LogP contribution is -1.69. The summed E-state index contributed by atoms with van der Waals surface area (Å²) >= 11 is 1.07. The molecule has 0 aliphatic heterocycles. The molecule has 0 bridgehead atoms. The number of hydrogen-bond donors (Lipinski definition) is 0. The molecular weight excluding hydrogens is 125 g/mol. The first kappa shape index (κ1) is 5.26. The fourth-order valence-corrected chi connectivity index (χ4v) is 0.865. The molecule has 0 atom stereocenters. The first-order valence-corrected chi connectivity index (χ1v) is 2.77. The Kier molecular flexibility index (Phi) is 1.27. The Morgan fingerprint density at radius 1 is 1.88 bits per heavy atom. The highest BCUT2D eigenvalue weighted by Gasteiger charge is 1.98. The van der Waals surface area contributed by atoms with Crippen molar-refractivity contribution in [1.82, 2.24) is 0 Å². The van der Waals surface area contributed by atoms with Gasteiger partial charge in [0.1, 0.15) is 11.6 Å². The molecule has 3 heteroatoms. The van der Waals surface area contributed by atoms with Gasteiger partial charge in [-0.1, -0.05) is 0 Å². The zero-order valence-electron chi connectivity index (χ0n) is 3.81. The standard InChI is InChI=1S/C5HFNS/c6-5-3-8-2-4(5)1-7/h3H. The van der Waals surface area contributed by atoms with Gasteiger partial charge < -0.3 is 0 Å². The Balaban J connectivity index is 3.15. The average Bonchev–Trinajstić information content (AvgIpc) is 2.14. The van der Waals surface area contributed by atoms with Gasteiger partial charge in [-0.25, -0.2) is 4.39 Å². The average molecular weight is 126 g/mol. The predicted molar refractivity (Wildman–Crippen MR) is 27.8 cm³/mol. The van der Waals surface area contributed by atoms with Gasteiger partial charge in [0, 0.05) is 5.38 Å². The van der Waals surface area contributed by atoms with Crippen LogP contribution in [0.1, 0.15) is 5.56 Å². The maximum atomic E-state index is 12.1. The van der Waals surface area contributed by atoms with Gasteiger partial charge >= 0.3 is 0 Å². The maximum Gasteiger partial charge on any atom is 0.152 e. The summed E-state index contributed by atoms with van der Waals surface area (Å²) in [6.45, 7) is 0. The first-order chi connectivity index (χ1) is 3.84. The van der Waals surface area contributed by atoms with Crippen LogP contribution in [0.2, 0.25) is 0 Å². The predicted octanol–water partition coefficient (Wildman–Crippen LogP) is 1.56. The normalized spacial score (nSPS) is 8.50. The Morgan fingerprint density at radius 2 is 2.62 bits per heavy atom. The summed E-state index contributed by atoms with van der Waals surface area (Å²) in [5, 5.41) is 11.8. The van der Waals surface area contributed by atoms with Crippen molar-refractivity contribution in [2.45, 2.75) is 0 Å². The monoisotopic (exact) mass is 126 g/mol. The Bertz CT molecular complexity index is 223. The van der Waals surface area contributed by atoms with E-state index in [2.05, 4.69) is 5.38 Å². The molecule has 0 aliphatic carbocycles. The molecule has 39 valence electrons. The zero-order valence-corrected chi connectivity index (χ0v) is 4.63. The maximum absolute atomic E-state index is 12.1. The second-order valence-corrected chi connectivity index (χ2v) is 1.85. The lowest BCUT2D eigenvalue weighted by molar-refractivity contribution is 0.629. The minimum absolute atomic E-state index is 0.00926. The SMILES string of the molecule is N#Cc1[c]scc1F. The van der Waals surface area contributed by atoms with Crippen molar-refractivity contribution >= 4 is 11.3 Å². The molecule has 1 aromatic rings. The molecule has 1 aromatic heterocycles. The third-order valence-electron chi connectivity index (χ3n) is 0.674. The topological polar surface area (TPSA) is 23.8 Å². The van der Waals surface area contributed by atoms with Crippen LogP contribution in [0.3, 0.4) is 0 Å². The van der Waals surface area contributed by atoms with Gasteiger partial charge in [0.25, 0.3) is 0 Å². The second-order valence-electron chi connectivity index (χ2n) is 1.17. The lowest BCUT2D eigenvalue weighted by Gasteiger charge is -1.71. The Morgan fingerprint density at radius 3 is 2.88 bits per heavy atom. The van der Waals surface area contributed by atoms with Gasteiger partial charge in [-0.05, 0) is 0 Å². The van der Waals surface area contributed by atoms with Gasteiger partial charge in [-0.2, -0.15) is 5.26 Å². The van der Waals surface area contributed by atoms with Crippen molar-refractivity contribution in [3.05, 3.63) is 22.1 Å². The fourth-order valence-electron chi connectivity index (χ4n) is 0.324. The van der Waals surface area contributed by atoms with E-state index >= 15 is 0 Å². The van der Waals surface area contributed by atoms with Gasteiger partial charge in [0.05, 0.1) is 5.38 Å². The van der Waals surface area contributed by atoms with E-state index in [4.69, 9.17) is 5.26 Å². The van der Waals surface area contributed by atoms with E-state index in [0.717, 1.165) is 11.3 Å². The van der Waals surface area contributed by atoms with Gasteiger partial charge in [-0.3, -0.25) is 0 Å². The highest BCUT2D eigenvalue weighted by molar-refractivity contribution is 7.07. The zero-order chi connectivity index (χ0) is 5.98. The van der Waals surface area contributed by atoms with Crippen LogP contribution in [0.15, 0.2) is 5.38 Å². The number of hydrogen-bond acceptors (Lipinski definition) is 2. The number of thiophene rings is 1. The van der Waals surface area contributed by atoms with Crippen LogP contribution < -0.4 is 0 Å². The smallest absolute Gasteiger partial charge is 0.152 e. The minimum Gasteiger partial charge on any atom is -0.205 e. The first-order valence-electron chi connectivity index (χ1n) is 1.89. The van der Waals surface area contributed by atoms with Gasteiger partial charge in [-0.15, -0.1) is 11.3 Å². The van der Waals surface area contributed by atoms with Gasteiger partial charge in [0.2, 0.25) is 0 Å². The van der Waals surface area contributed by atoms with Crippen LogP contribution in [0.25, 0.3) is 0 Å². The molecule has 0 saturated carbocycles. The van der Waals surface area contributed by atoms with E-state index in [-0.39, 0.29) is 5.56 Å². The second kappa shape index (κ2) is 1.93. The summed E-state index contributed by atoms with van der Waals surface area (Å²) in [4.78, 5) is 0. The molecule has 8 heavy (non-hydrogen) atoms. The largest absolute Gasteiger partial charge is 0.205 e. The van der Waals surface area contributed by atoms with Crippen molar-refractivity contribution in [1.29, 1.82) is 5.26 Å². The third-order valence-corrected chi connectivity index (χ3v) is 1.32. The molecule has 0 amide bonds. The summed E-state index contributed by atoms with van der Waals surface area (Å²) in [5.74, 6) is -0.475. The summed E-state index contributed by atoms with van der Waals surface area (Å²) in [6, 6.07) is 1.66. The Labute approximate surface area is 50.0 Å². The van der Waals surface area contributed by atoms with Crippen LogP contribution in [0.4, 0.5) is 4.39 Å². The molecule has 0 aliphatic rings. The molecule has 0 N–H and O–H groups in total. The molecule has 0 saturated heterocycles. The summed E-state index contributed by atoms with van der Waals surface area (Å²) < 4.78 is 12.1. The molecule has 0 unspecified atom stereocenters. The lowest BCUT2D eigenvalue weighted by atomic mass is 10.4. The summed E-state index contributed by atoms with van der Waals surface area (Å²) in [7, 11) is 0. The molecule has 1 nitrogen and oxygen atoms in total. The number of nitrogens with zero attached hydrogens (tertiary/aromatic N) is 1. The summed E-state index contributed by atoms with van der Waals surface area (Å²) in [5.41, 5.74) is 0.00926. The number of rotatable bonds is 0. The fraction of sp³-hybridized carbons (Fsp3) is 0. The molecule has 0 spiro atoms. The molecule has 1 heterocycles. The molecule has 0 aromatic carbocycles. The van der Waals surface area contributed by atoms with E-state index in [0.29, 0.717) is 0 Å². The van der Waals surface area contributed by atoms with Gasteiger partial charge in [0.15, 0.2) is 5.82 Å². The number of nitriles is 1. The molecular formula is C5HFNS. The highest BCUT2D eigenvalue weighted by atomic mass is 32.1. The summed E-state index contributed by atoms with van der Waals surface area (Å²) in [6.07, 6.45) is 0. The minimum atomic E-state index is -0.475. The van der Waals surface area contributed by atoms with Crippen molar-refractivity contribution in [2.75, 3.05) is 0 Å². The third kappa shape index (κ3) is 0.703. The molecule has 1 rings (SSSR count).